The van der Waals surface area contributed by atoms with E-state index in [1.54, 1.807) is 11.3 Å². The van der Waals surface area contributed by atoms with Crippen molar-refractivity contribution in [1.29, 1.82) is 0 Å². The third-order valence-electron chi connectivity index (χ3n) is 0.425. The summed E-state index contributed by atoms with van der Waals surface area (Å²) in [4.78, 5) is 0. The molecule has 1 rings (SSSR count). The highest BCUT2D eigenvalue weighted by Gasteiger charge is 1.58. The van der Waals surface area contributed by atoms with Crippen LogP contribution in [0.3, 0.4) is 0 Å². The number of hydrogen-bond donors (Lipinski definition) is 0. The maximum atomic E-state index is 3.00. The van der Waals surface area contributed by atoms with Crippen molar-refractivity contribution in [1.82, 2.24) is 0 Å². The molecule has 0 fully saturated rings. The van der Waals surface area contributed by atoms with Crippen LogP contribution in [0.2, 0.25) is 0 Å². The molecule has 0 amide bonds. The molecule has 0 saturated heterocycles. The Hall–Kier alpha value is -1.08. The number of thiophene rings is 1. The van der Waals surface area contributed by atoms with Crippen LogP contribution in [0.25, 0.3) is 0 Å². The van der Waals surface area contributed by atoms with Gasteiger partial charge in [0.25, 0.3) is 0 Å². The molecule has 62 valence electrons. The van der Waals surface area contributed by atoms with E-state index in [4.69, 9.17) is 0 Å². The highest BCUT2D eigenvalue weighted by atomic mass is 32.1. The summed E-state index contributed by atoms with van der Waals surface area (Å²) in [5.41, 5.74) is 0. The average molecular weight is 168 g/mol. The van der Waals surface area contributed by atoms with Crippen molar-refractivity contribution in [2.24, 2.45) is 0 Å². The first kappa shape index (κ1) is 16.5. The molecule has 0 aromatic carbocycles. The predicted octanol–water partition coefficient (Wildman–Crippen LogP) is 4.15. The summed E-state index contributed by atoms with van der Waals surface area (Å²) in [7, 11) is 0. The van der Waals surface area contributed by atoms with Crippen LogP contribution in [-0.2, 0) is 0 Å². The van der Waals surface area contributed by atoms with Crippen molar-refractivity contribution in [3.63, 3.8) is 0 Å². The van der Waals surface area contributed by atoms with Gasteiger partial charge < -0.3 is 0 Å². The van der Waals surface area contributed by atoms with Gasteiger partial charge in [0.2, 0.25) is 0 Å². The third kappa shape index (κ3) is 27.8. The minimum absolute atomic E-state index is 1.71. The van der Waals surface area contributed by atoms with Crippen LogP contribution in [0, 0.1) is 0 Å². The second-order valence-electron chi connectivity index (χ2n) is 0.793. The molecule has 1 heterocycles. The molecule has 0 atom stereocenters. The number of hydrogen-bond acceptors (Lipinski definition) is 1. The largest absolute Gasteiger partial charge is 0.152 e. The molecule has 0 aliphatic heterocycles. The Morgan fingerprint density at radius 1 is 0.636 bits per heavy atom. The molecule has 1 aromatic rings. The van der Waals surface area contributed by atoms with Crippen LogP contribution in [0.1, 0.15) is 0 Å². The molecule has 0 saturated carbocycles. The quantitative estimate of drug-likeness (QED) is 0.510. The van der Waals surface area contributed by atoms with E-state index in [0.717, 1.165) is 0 Å². The molecular formula is C10H16S. The summed E-state index contributed by atoms with van der Waals surface area (Å²) in [5.74, 6) is 0. The Morgan fingerprint density at radius 3 is 1.00 bits per heavy atom. The standard InChI is InChI=1S/C4H4S.3C2H4/c1-2-4-5-3-1;3*1-2/h1-4H;3*1-2H2. The van der Waals surface area contributed by atoms with Crippen molar-refractivity contribution in [2.45, 2.75) is 0 Å². The minimum atomic E-state index is 1.71. The molecular weight excluding hydrogens is 152 g/mol. The molecule has 0 aliphatic carbocycles. The SMILES string of the molecule is C=C.C=C.C=C.c1ccsc1. The molecule has 0 radical (unpaired) electrons. The van der Waals surface area contributed by atoms with Crippen LogP contribution in [0.5, 0.6) is 0 Å². The van der Waals surface area contributed by atoms with Gasteiger partial charge in [-0.2, -0.15) is 11.3 Å². The van der Waals surface area contributed by atoms with E-state index in [1.165, 1.54) is 0 Å². The molecule has 0 N–H and O–H groups in total. The number of rotatable bonds is 0. The first-order valence-electron chi connectivity index (χ1n) is 2.97. The molecule has 0 aliphatic rings. The maximum Gasteiger partial charge on any atom is -0.00934 e. The Balaban J connectivity index is -0.0000000933. The van der Waals surface area contributed by atoms with Gasteiger partial charge in [-0.15, -0.1) is 39.5 Å². The lowest BCUT2D eigenvalue weighted by Crippen LogP contribution is -1.16. The van der Waals surface area contributed by atoms with Crippen LogP contribution < -0.4 is 0 Å². The van der Waals surface area contributed by atoms with Gasteiger partial charge >= 0.3 is 0 Å². The van der Waals surface area contributed by atoms with Crippen molar-refractivity contribution in [3.05, 3.63) is 62.4 Å². The summed E-state index contributed by atoms with van der Waals surface area (Å²) in [5, 5.41) is 4.08. The maximum absolute atomic E-state index is 3.00. The fourth-order valence-electron chi connectivity index (χ4n) is 0.227. The fraction of sp³-hybridized carbons (Fsp3) is 0. The summed E-state index contributed by atoms with van der Waals surface area (Å²) < 4.78 is 0. The van der Waals surface area contributed by atoms with Gasteiger partial charge in [-0.3, -0.25) is 0 Å². The molecule has 0 bridgehead atoms. The molecule has 0 nitrogen and oxygen atoms in total. The van der Waals surface area contributed by atoms with E-state index < -0.39 is 0 Å². The lowest BCUT2D eigenvalue weighted by atomic mass is 10.7. The normalized spacial score (nSPS) is 4.73. The highest BCUT2D eigenvalue weighted by molar-refractivity contribution is 7.07. The highest BCUT2D eigenvalue weighted by Crippen LogP contribution is 1.91. The van der Waals surface area contributed by atoms with Gasteiger partial charge in [0, 0.05) is 0 Å². The van der Waals surface area contributed by atoms with Crippen molar-refractivity contribution < 1.29 is 0 Å². The van der Waals surface area contributed by atoms with Gasteiger partial charge in [0.1, 0.15) is 0 Å². The van der Waals surface area contributed by atoms with Gasteiger partial charge in [0.05, 0.1) is 0 Å². The fourth-order valence-corrected chi connectivity index (χ4v) is 0.680. The third-order valence-corrected chi connectivity index (χ3v) is 1.05. The topological polar surface area (TPSA) is 0 Å². The first-order chi connectivity index (χ1) is 5.50. The van der Waals surface area contributed by atoms with Crippen molar-refractivity contribution in [3.8, 4) is 0 Å². The average Bonchev–Trinajstić information content (AvgIpc) is 2.71. The summed E-state index contributed by atoms with van der Waals surface area (Å²) >= 11 is 1.71. The lowest BCUT2D eigenvalue weighted by molar-refractivity contribution is 2.03. The van der Waals surface area contributed by atoms with Crippen LogP contribution in [0.4, 0.5) is 0 Å². The van der Waals surface area contributed by atoms with E-state index in [0.29, 0.717) is 0 Å². The van der Waals surface area contributed by atoms with E-state index in [1.807, 2.05) is 22.9 Å². The van der Waals surface area contributed by atoms with Crippen molar-refractivity contribution in [2.75, 3.05) is 0 Å². The van der Waals surface area contributed by atoms with Crippen LogP contribution in [0.15, 0.2) is 62.4 Å². The molecule has 11 heavy (non-hydrogen) atoms. The van der Waals surface area contributed by atoms with Gasteiger partial charge in [0.15, 0.2) is 0 Å². The minimum Gasteiger partial charge on any atom is -0.152 e. The monoisotopic (exact) mass is 168 g/mol. The second kappa shape index (κ2) is 36.4. The second-order valence-corrected chi connectivity index (χ2v) is 1.61. The first-order valence-corrected chi connectivity index (χ1v) is 3.91. The van der Waals surface area contributed by atoms with E-state index in [-0.39, 0.29) is 0 Å². The smallest absolute Gasteiger partial charge is 0.00934 e. The Bertz CT molecular complexity index is 88.5. The summed E-state index contributed by atoms with van der Waals surface area (Å²) in [6.45, 7) is 18.0. The van der Waals surface area contributed by atoms with E-state index in [2.05, 4.69) is 39.5 Å². The Morgan fingerprint density at radius 2 is 0.909 bits per heavy atom. The lowest BCUT2D eigenvalue weighted by Gasteiger charge is -1.39. The van der Waals surface area contributed by atoms with Gasteiger partial charge in [-0.1, -0.05) is 12.1 Å². The van der Waals surface area contributed by atoms with E-state index >= 15 is 0 Å². The zero-order valence-electron chi connectivity index (χ0n) is 6.96. The van der Waals surface area contributed by atoms with Crippen LogP contribution >= 0.6 is 11.3 Å². The van der Waals surface area contributed by atoms with Gasteiger partial charge in [-0.05, 0) is 10.8 Å². The van der Waals surface area contributed by atoms with Crippen LogP contribution in [-0.4, -0.2) is 0 Å². The zero-order valence-corrected chi connectivity index (χ0v) is 7.78. The van der Waals surface area contributed by atoms with Gasteiger partial charge in [-0.25, -0.2) is 0 Å². The van der Waals surface area contributed by atoms with E-state index in [9.17, 15) is 0 Å². The summed E-state index contributed by atoms with van der Waals surface area (Å²) in [6.07, 6.45) is 0. The van der Waals surface area contributed by atoms with Crippen molar-refractivity contribution >= 4 is 11.3 Å². The Kier molecular flexibility index (Phi) is 54.6. The molecule has 0 spiro atoms. The molecule has 1 aromatic heterocycles. The zero-order chi connectivity index (χ0) is 9.54. The molecule has 0 unspecified atom stereocenters. The molecule has 1 heteroatoms. The Labute approximate surface area is 74.2 Å². The summed E-state index contributed by atoms with van der Waals surface area (Å²) in [6, 6.07) is 4.04. The predicted molar refractivity (Wildman–Crippen MR) is 58.1 cm³/mol.